The van der Waals surface area contributed by atoms with Crippen molar-refractivity contribution in [3.63, 3.8) is 0 Å². The number of nitrogens with zero attached hydrogens (tertiary/aromatic N) is 2. The molecule has 0 aliphatic heterocycles. The predicted molar refractivity (Wildman–Crippen MR) is 81.0 cm³/mol. The van der Waals surface area contributed by atoms with Crippen molar-refractivity contribution in [1.29, 1.82) is 0 Å². The molecule has 1 aliphatic rings. The Bertz CT molecular complexity index is 698. The summed E-state index contributed by atoms with van der Waals surface area (Å²) in [5, 5.41) is 11.0. The number of phenolic OH excluding ortho intramolecular Hbond substituents is 1. The van der Waals surface area contributed by atoms with Gasteiger partial charge in [-0.15, -0.1) is 11.3 Å². The molecular formula is C15H15F3N2O2S. The lowest BCUT2D eigenvalue weighted by molar-refractivity contribution is -0.140. The van der Waals surface area contributed by atoms with Crippen molar-refractivity contribution >= 4 is 16.5 Å². The highest BCUT2D eigenvalue weighted by Crippen LogP contribution is 2.38. The van der Waals surface area contributed by atoms with Crippen molar-refractivity contribution in [2.45, 2.75) is 31.6 Å². The molecular weight excluding hydrogens is 329 g/mol. The SMILES string of the molecule is COc1cc(CN(c2nc(C(F)(F)F)cs2)C2CC2)ccc1O. The maximum atomic E-state index is 12.7. The summed E-state index contributed by atoms with van der Waals surface area (Å²) >= 11 is 0.999. The number of alkyl halides is 3. The van der Waals surface area contributed by atoms with Crippen LogP contribution in [0.15, 0.2) is 23.6 Å². The normalized spacial score (nSPS) is 14.8. The Morgan fingerprint density at radius 2 is 2.13 bits per heavy atom. The molecule has 1 aromatic heterocycles. The van der Waals surface area contributed by atoms with Crippen LogP contribution in [-0.4, -0.2) is 23.2 Å². The van der Waals surface area contributed by atoms with Gasteiger partial charge in [0.25, 0.3) is 0 Å². The minimum absolute atomic E-state index is 0.0304. The Hall–Kier alpha value is -1.96. The van der Waals surface area contributed by atoms with E-state index in [4.69, 9.17) is 4.74 Å². The molecule has 3 rings (SSSR count). The van der Waals surface area contributed by atoms with E-state index in [-0.39, 0.29) is 11.8 Å². The summed E-state index contributed by atoms with van der Waals surface area (Å²) < 4.78 is 43.3. The van der Waals surface area contributed by atoms with Crippen molar-refractivity contribution in [1.82, 2.24) is 4.98 Å². The third kappa shape index (κ3) is 3.52. The second-order valence-electron chi connectivity index (χ2n) is 5.38. The first-order valence-electron chi connectivity index (χ1n) is 7.03. The van der Waals surface area contributed by atoms with Crippen LogP contribution in [0.3, 0.4) is 0 Å². The van der Waals surface area contributed by atoms with Crippen LogP contribution in [0.4, 0.5) is 18.3 Å². The third-order valence-corrected chi connectivity index (χ3v) is 4.49. The lowest BCUT2D eigenvalue weighted by Crippen LogP contribution is -2.25. The zero-order chi connectivity index (χ0) is 16.6. The van der Waals surface area contributed by atoms with Crippen LogP contribution in [0.1, 0.15) is 24.1 Å². The first kappa shape index (κ1) is 15.9. The maximum Gasteiger partial charge on any atom is 0.434 e. The Morgan fingerprint density at radius 1 is 1.39 bits per heavy atom. The number of aromatic hydroxyl groups is 1. The molecule has 0 spiro atoms. The highest BCUT2D eigenvalue weighted by Gasteiger charge is 2.36. The van der Waals surface area contributed by atoms with E-state index in [1.807, 2.05) is 4.90 Å². The van der Waals surface area contributed by atoms with Gasteiger partial charge in [0.05, 0.1) is 7.11 Å². The van der Waals surface area contributed by atoms with E-state index in [9.17, 15) is 18.3 Å². The van der Waals surface area contributed by atoms with Crippen LogP contribution in [0.5, 0.6) is 11.5 Å². The molecule has 1 saturated carbocycles. The predicted octanol–water partition coefficient (Wildman–Crippen LogP) is 4.05. The molecule has 0 amide bonds. The topological polar surface area (TPSA) is 45.6 Å². The number of ether oxygens (including phenoxy) is 1. The number of benzene rings is 1. The Balaban J connectivity index is 1.84. The fraction of sp³-hybridized carbons (Fsp3) is 0.400. The van der Waals surface area contributed by atoms with E-state index >= 15 is 0 Å². The largest absolute Gasteiger partial charge is 0.504 e. The van der Waals surface area contributed by atoms with Gasteiger partial charge >= 0.3 is 6.18 Å². The molecule has 1 fully saturated rings. The molecule has 0 atom stereocenters. The zero-order valence-electron chi connectivity index (χ0n) is 12.3. The second kappa shape index (κ2) is 5.92. The van der Waals surface area contributed by atoms with E-state index in [1.165, 1.54) is 13.2 Å². The van der Waals surface area contributed by atoms with E-state index < -0.39 is 11.9 Å². The van der Waals surface area contributed by atoms with Gasteiger partial charge in [0.15, 0.2) is 22.3 Å². The van der Waals surface area contributed by atoms with Gasteiger partial charge in [-0.25, -0.2) is 4.98 Å². The fourth-order valence-electron chi connectivity index (χ4n) is 2.28. The van der Waals surface area contributed by atoms with Gasteiger partial charge in [-0.3, -0.25) is 0 Å². The molecule has 0 bridgehead atoms. The van der Waals surface area contributed by atoms with Crippen molar-refractivity contribution in [3.05, 3.63) is 34.8 Å². The molecule has 4 nitrogen and oxygen atoms in total. The third-order valence-electron chi connectivity index (χ3n) is 3.61. The van der Waals surface area contributed by atoms with E-state index in [2.05, 4.69) is 4.98 Å². The number of anilines is 1. The van der Waals surface area contributed by atoms with Crippen molar-refractivity contribution in [3.8, 4) is 11.5 Å². The molecule has 8 heteroatoms. The molecule has 0 radical (unpaired) electrons. The van der Waals surface area contributed by atoms with Crippen molar-refractivity contribution < 1.29 is 23.0 Å². The minimum Gasteiger partial charge on any atom is -0.504 e. The minimum atomic E-state index is -4.42. The van der Waals surface area contributed by atoms with Gasteiger partial charge in [0.2, 0.25) is 0 Å². The zero-order valence-corrected chi connectivity index (χ0v) is 13.1. The fourth-order valence-corrected chi connectivity index (χ4v) is 3.19. The molecule has 2 aromatic rings. The number of hydrogen-bond donors (Lipinski definition) is 1. The monoisotopic (exact) mass is 344 g/mol. The lowest BCUT2D eigenvalue weighted by Gasteiger charge is -2.22. The molecule has 1 heterocycles. The molecule has 1 N–H and O–H groups in total. The Morgan fingerprint density at radius 3 is 2.70 bits per heavy atom. The summed E-state index contributed by atoms with van der Waals surface area (Å²) in [6.45, 7) is 0.423. The molecule has 0 saturated heterocycles. The molecule has 0 unspecified atom stereocenters. The standard InChI is InChI=1S/C15H15F3N2O2S/c1-22-12-6-9(2-5-11(12)21)7-20(10-3-4-10)14-19-13(8-23-14)15(16,17)18/h2,5-6,8,10,21H,3-4,7H2,1H3. The number of aromatic nitrogens is 1. The van der Waals surface area contributed by atoms with Crippen LogP contribution in [-0.2, 0) is 12.7 Å². The molecule has 1 aliphatic carbocycles. The van der Waals surface area contributed by atoms with Crippen molar-refractivity contribution in [2.75, 3.05) is 12.0 Å². The lowest BCUT2D eigenvalue weighted by atomic mass is 10.2. The van der Waals surface area contributed by atoms with Gasteiger partial charge in [-0.05, 0) is 30.5 Å². The van der Waals surface area contributed by atoms with E-state index in [1.54, 1.807) is 12.1 Å². The summed E-state index contributed by atoms with van der Waals surface area (Å²) in [4.78, 5) is 5.62. The van der Waals surface area contributed by atoms with Gasteiger partial charge in [-0.2, -0.15) is 13.2 Å². The van der Waals surface area contributed by atoms with Gasteiger partial charge in [0, 0.05) is 18.0 Å². The molecule has 23 heavy (non-hydrogen) atoms. The first-order valence-corrected chi connectivity index (χ1v) is 7.91. The second-order valence-corrected chi connectivity index (χ2v) is 6.21. The first-order chi connectivity index (χ1) is 10.9. The Kier molecular flexibility index (Phi) is 4.09. The van der Waals surface area contributed by atoms with Crippen molar-refractivity contribution in [2.24, 2.45) is 0 Å². The van der Waals surface area contributed by atoms with Crippen LogP contribution in [0.25, 0.3) is 0 Å². The van der Waals surface area contributed by atoms with E-state index in [0.717, 1.165) is 35.1 Å². The summed E-state index contributed by atoms with van der Waals surface area (Å²) in [6.07, 6.45) is -2.54. The number of thiazole rings is 1. The smallest absolute Gasteiger partial charge is 0.434 e. The van der Waals surface area contributed by atoms with Gasteiger partial charge < -0.3 is 14.7 Å². The van der Waals surface area contributed by atoms with Gasteiger partial charge in [0.1, 0.15) is 0 Å². The average molecular weight is 344 g/mol. The van der Waals surface area contributed by atoms with Gasteiger partial charge in [-0.1, -0.05) is 6.07 Å². The number of methoxy groups -OCH3 is 1. The maximum absolute atomic E-state index is 12.7. The summed E-state index contributed by atoms with van der Waals surface area (Å²) in [5.41, 5.74) is -0.0123. The Labute approximate surface area is 135 Å². The highest BCUT2D eigenvalue weighted by atomic mass is 32.1. The number of halogens is 3. The summed E-state index contributed by atoms with van der Waals surface area (Å²) in [7, 11) is 1.45. The molecule has 1 aromatic carbocycles. The number of rotatable bonds is 5. The van der Waals surface area contributed by atoms with Crippen LogP contribution < -0.4 is 9.64 Å². The average Bonchev–Trinajstić information content (AvgIpc) is 3.20. The van der Waals surface area contributed by atoms with Crippen LogP contribution in [0, 0.1) is 0 Å². The molecule has 124 valence electrons. The van der Waals surface area contributed by atoms with Crippen LogP contribution in [0.2, 0.25) is 0 Å². The summed E-state index contributed by atoms with van der Waals surface area (Å²) in [5.74, 6) is 0.371. The van der Waals surface area contributed by atoms with E-state index in [0.29, 0.717) is 17.4 Å². The summed E-state index contributed by atoms with van der Waals surface area (Å²) in [6, 6.07) is 5.14. The number of hydrogen-bond acceptors (Lipinski definition) is 5. The number of phenols is 1. The van der Waals surface area contributed by atoms with Crippen LogP contribution >= 0.6 is 11.3 Å². The highest BCUT2D eigenvalue weighted by molar-refractivity contribution is 7.13. The quantitative estimate of drug-likeness (QED) is 0.889.